The van der Waals surface area contributed by atoms with E-state index in [4.69, 9.17) is 61.3 Å². The molecule has 4 amide bonds. The fraction of sp³-hybridized carbons (Fsp3) is 0.517. The van der Waals surface area contributed by atoms with Crippen molar-refractivity contribution in [2.45, 2.75) is 97.6 Å². The maximum Gasteiger partial charge on any atom is 0.246 e. The van der Waals surface area contributed by atoms with Crippen LogP contribution in [0.4, 0.5) is 0 Å². The van der Waals surface area contributed by atoms with Gasteiger partial charge in [0, 0.05) is 62.8 Å². The van der Waals surface area contributed by atoms with E-state index in [9.17, 15) is 24.3 Å². The predicted octanol–water partition coefficient (Wildman–Crippen LogP) is 6.77. The highest BCUT2D eigenvalue weighted by Gasteiger charge is 2.44. The van der Waals surface area contributed by atoms with Crippen LogP contribution in [0.2, 0.25) is 10.0 Å². The number of carbonyl (C=O) groups excluding carboxylic acids is 4. The van der Waals surface area contributed by atoms with Crippen molar-refractivity contribution in [2.24, 2.45) is 5.41 Å². The first kappa shape index (κ1) is 62.1. The SMILES string of the molecule is Cc1ncsc1-c1ccc(CNC(=O)C2CC(O)CN2C(=O)C(NC(=O)CCOCCOCCOCCOCCOCCOCCOc2ccc(-c3cn4c(n3)CCC4)cc2CNC(=O)Cc2ccc(Cl)c(Cl)c2)C(C)(C)C)cc1. The molecule has 0 aliphatic carbocycles. The predicted molar refractivity (Wildman–Crippen MR) is 305 cm³/mol. The van der Waals surface area contributed by atoms with Crippen LogP contribution in [0.25, 0.3) is 21.7 Å². The number of thiazole rings is 1. The zero-order chi connectivity index (χ0) is 56.9. The first-order chi connectivity index (χ1) is 38.6. The van der Waals surface area contributed by atoms with E-state index in [2.05, 4.69) is 31.7 Å². The highest BCUT2D eigenvalue weighted by atomic mass is 35.5. The summed E-state index contributed by atoms with van der Waals surface area (Å²) in [7, 11) is 0. The van der Waals surface area contributed by atoms with E-state index in [-0.39, 0.29) is 69.8 Å². The van der Waals surface area contributed by atoms with Crippen LogP contribution in [-0.4, -0.2) is 159 Å². The molecule has 434 valence electrons. The number of likely N-dealkylation sites (tertiary alicyclic amines) is 1. The normalized spacial score (nSPS) is 15.5. The van der Waals surface area contributed by atoms with Crippen molar-refractivity contribution in [3.63, 3.8) is 0 Å². The average molecular weight is 1170 g/mol. The van der Waals surface area contributed by atoms with Gasteiger partial charge in [-0.2, -0.15) is 0 Å². The Labute approximate surface area is 482 Å². The van der Waals surface area contributed by atoms with Crippen LogP contribution >= 0.6 is 34.5 Å². The number of benzene rings is 3. The molecule has 2 aromatic heterocycles. The summed E-state index contributed by atoms with van der Waals surface area (Å²) >= 11 is 13.8. The molecule has 0 radical (unpaired) electrons. The largest absolute Gasteiger partial charge is 0.491 e. The van der Waals surface area contributed by atoms with Crippen molar-refractivity contribution in [1.29, 1.82) is 0 Å². The van der Waals surface area contributed by atoms with E-state index < -0.39 is 29.5 Å². The van der Waals surface area contributed by atoms with Crippen LogP contribution < -0.4 is 20.7 Å². The lowest BCUT2D eigenvalue weighted by Gasteiger charge is -2.35. The molecule has 2 aliphatic rings. The van der Waals surface area contributed by atoms with Crippen LogP contribution in [0, 0.1) is 12.3 Å². The quantitative estimate of drug-likeness (QED) is 0.0319. The van der Waals surface area contributed by atoms with Crippen molar-refractivity contribution in [3.8, 4) is 27.4 Å². The van der Waals surface area contributed by atoms with Gasteiger partial charge >= 0.3 is 0 Å². The Kier molecular flexibility index (Phi) is 24.5. The molecular weight excluding hydrogens is 1090 g/mol. The minimum absolute atomic E-state index is 0.00913. The average Bonchev–Trinajstić information content (AvgIpc) is 4.27. The molecule has 3 unspecified atom stereocenters. The fourth-order valence-corrected chi connectivity index (χ4v) is 10.2. The molecule has 3 atom stereocenters. The number of aliphatic hydroxyl groups is 1. The number of nitrogens with one attached hydrogen (secondary N) is 3. The van der Waals surface area contributed by atoms with Crippen LogP contribution in [0.3, 0.4) is 0 Å². The van der Waals surface area contributed by atoms with Gasteiger partial charge in [-0.05, 0) is 65.8 Å². The summed E-state index contributed by atoms with van der Waals surface area (Å²) < 4.78 is 42.1. The molecule has 0 spiro atoms. The van der Waals surface area contributed by atoms with E-state index in [0.29, 0.717) is 88.5 Å². The summed E-state index contributed by atoms with van der Waals surface area (Å²) in [4.78, 5) is 65.0. The lowest BCUT2D eigenvalue weighted by atomic mass is 9.85. The number of carbonyl (C=O) groups is 4. The Morgan fingerprint density at radius 1 is 0.750 bits per heavy atom. The second-order valence-electron chi connectivity index (χ2n) is 20.6. The Morgan fingerprint density at radius 2 is 1.38 bits per heavy atom. The monoisotopic (exact) mass is 1160 g/mol. The van der Waals surface area contributed by atoms with E-state index in [1.165, 1.54) is 4.90 Å². The number of amides is 4. The smallest absolute Gasteiger partial charge is 0.246 e. The molecule has 3 aromatic carbocycles. The first-order valence-corrected chi connectivity index (χ1v) is 28.8. The molecule has 0 bridgehead atoms. The van der Waals surface area contributed by atoms with Gasteiger partial charge in [0.05, 0.1) is 124 Å². The van der Waals surface area contributed by atoms with E-state index in [0.717, 1.165) is 69.3 Å². The molecule has 19 nitrogen and oxygen atoms in total. The highest BCUT2D eigenvalue weighted by molar-refractivity contribution is 7.13. The lowest BCUT2D eigenvalue weighted by molar-refractivity contribution is -0.144. The van der Waals surface area contributed by atoms with Crippen LogP contribution in [0.1, 0.15) is 68.2 Å². The van der Waals surface area contributed by atoms with Gasteiger partial charge in [0.2, 0.25) is 23.6 Å². The van der Waals surface area contributed by atoms with Crippen LogP contribution in [-0.2, 0) is 80.1 Å². The van der Waals surface area contributed by atoms with E-state index >= 15 is 0 Å². The molecule has 22 heteroatoms. The van der Waals surface area contributed by atoms with E-state index in [1.54, 1.807) is 29.5 Å². The number of β-amino-alcohol motifs (C(OH)–C–C–N with tert-alkyl or cyclic N) is 1. The number of nitrogens with zero attached hydrogens (tertiary/aromatic N) is 4. The number of aliphatic hydroxyl groups excluding tert-OH is 1. The van der Waals surface area contributed by atoms with E-state index in [1.807, 2.05) is 75.7 Å². The summed E-state index contributed by atoms with van der Waals surface area (Å²) in [5, 5.41) is 20.2. The van der Waals surface area contributed by atoms with Gasteiger partial charge in [0.1, 0.15) is 30.3 Å². The third-order valence-corrected chi connectivity index (χ3v) is 15.1. The molecule has 4 heterocycles. The summed E-state index contributed by atoms with van der Waals surface area (Å²) in [6.07, 6.45) is 3.55. The Morgan fingerprint density at radius 3 is 1.99 bits per heavy atom. The number of rotatable bonds is 33. The lowest BCUT2D eigenvalue weighted by Crippen LogP contribution is -2.57. The molecular formula is C58H75Cl2N7O12S. The van der Waals surface area contributed by atoms with Gasteiger partial charge in [0.25, 0.3) is 0 Å². The maximum atomic E-state index is 14.0. The standard InChI is InChI=1S/C58H75Cl2N7O12S/c1-39-54(80-38-63-39)42-10-7-40(8-11-42)34-62-56(71)49-33-45(68)36-67(49)57(72)55(58(2,3)4)65-52(69)15-17-73-18-19-74-20-21-75-22-23-76-24-25-77-26-27-78-28-29-79-50-14-12-43(48-37-66-16-5-6-51(66)64-48)32-44(50)35-61-53(70)31-41-9-13-46(59)47(60)30-41/h7-14,30,32,37-38,45,49,55,68H,5-6,15-29,31,33-36H2,1-4H3,(H,61,70)(H,62,71)(H,65,69). The molecule has 2 aliphatic heterocycles. The number of fused-ring (bicyclic) bond motifs is 1. The van der Waals surface area contributed by atoms with Crippen molar-refractivity contribution in [2.75, 3.05) is 92.4 Å². The number of hydrogen-bond donors (Lipinski definition) is 4. The second kappa shape index (κ2) is 31.6. The van der Waals surface area contributed by atoms with Gasteiger partial charge < -0.3 is 63.7 Å². The molecule has 80 heavy (non-hydrogen) atoms. The summed E-state index contributed by atoms with van der Waals surface area (Å²) in [5.74, 6) is 0.409. The van der Waals surface area contributed by atoms with Gasteiger partial charge in [-0.1, -0.05) is 74.3 Å². The van der Waals surface area contributed by atoms with Crippen molar-refractivity contribution in [1.82, 2.24) is 35.4 Å². The van der Waals surface area contributed by atoms with Crippen molar-refractivity contribution >= 4 is 58.2 Å². The van der Waals surface area contributed by atoms with Crippen molar-refractivity contribution in [3.05, 3.63) is 111 Å². The molecule has 4 N–H and O–H groups in total. The Hall–Kier alpha value is -5.52. The molecule has 1 saturated heterocycles. The van der Waals surface area contributed by atoms with Crippen molar-refractivity contribution < 1.29 is 57.4 Å². The topological polar surface area (TPSA) is 223 Å². The first-order valence-electron chi connectivity index (χ1n) is 27.2. The zero-order valence-corrected chi connectivity index (χ0v) is 48.4. The molecule has 7 rings (SSSR count). The minimum Gasteiger partial charge on any atom is -0.491 e. The van der Waals surface area contributed by atoms with Crippen LogP contribution in [0.15, 0.2) is 72.4 Å². The number of hydrogen-bond acceptors (Lipinski definition) is 15. The third kappa shape index (κ3) is 19.3. The molecule has 5 aromatic rings. The molecule has 1 fully saturated rings. The van der Waals surface area contributed by atoms with Crippen LogP contribution in [0.5, 0.6) is 5.75 Å². The Balaban J connectivity index is 0.679. The zero-order valence-electron chi connectivity index (χ0n) is 46.1. The third-order valence-electron chi connectivity index (χ3n) is 13.4. The number of halogens is 2. The summed E-state index contributed by atoms with van der Waals surface area (Å²) in [5.41, 5.74) is 7.46. The van der Waals surface area contributed by atoms with Gasteiger partial charge in [0.15, 0.2) is 0 Å². The Bertz CT molecular complexity index is 2770. The second-order valence-corrected chi connectivity index (χ2v) is 22.2. The maximum absolute atomic E-state index is 14.0. The number of ether oxygens (including phenoxy) is 7. The number of aromatic nitrogens is 3. The van der Waals surface area contributed by atoms with Gasteiger partial charge in [-0.3, -0.25) is 19.2 Å². The van der Waals surface area contributed by atoms with Gasteiger partial charge in [-0.25, -0.2) is 9.97 Å². The minimum atomic E-state index is -0.934. The molecule has 0 saturated carbocycles. The number of aryl methyl sites for hydroxylation is 3. The highest BCUT2D eigenvalue weighted by Crippen LogP contribution is 2.31. The summed E-state index contributed by atoms with van der Waals surface area (Å²) in [6.45, 7) is 13.5. The summed E-state index contributed by atoms with van der Waals surface area (Å²) in [6, 6.07) is 17.1. The number of imidazole rings is 1. The fourth-order valence-electron chi connectivity index (χ4n) is 9.09. The van der Waals surface area contributed by atoms with Gasteiger partial charge in [-0.15, -0.1) is 11.3 Å².